The molecule has 222 valence electrons. The molecule has 8 rings (SSSR count). The Kier molecular flexibility index (Phi) is 6.02. The number of carbonyl (C=O) groups is 2. The second-order valence-corrected chi connectivity index (χ2v) is 18.2. The zero-order chi connectivity index (χ0) is 27.7. The number of rotatable bonds is 1. The van der Waals surface area contributed by atoms with Gasteiger partial charge in [-0.1, -0.05) is 53.4 Å². The number of ketones is 2. The number of fused-ring (bicyclic) bond motifs is 10. The monoisotopic (exact) mass is 546 g/mol. The van der Waals surface area contributed by atoms with E-state index in [1.54, 1.807) is 0 Å². The van der Waals surface area contributed by atoms with Gasteiger partial charge in [-0.15, -0.1) is 0 Å². The summed E-state index contributed by atoms with van der Waals surface area (Å²) < 4.78 is 0. The normalized spacial score (nSPS) is 59.2. The molecule has 0 aromatic rings. The summed E-state index contributed by atoms with van der Waals surface area (Å²) in [5, 5.41) is 0. The molecule has 0 saturated heterocycles. The SMILES string of the molecule is C[C@]12CCCC[C@@H]1CC[C@@H]1[C@@H]2CC[C@]2(C)[C@@H]([C@H]3C[C@H]4[C@@H]5CC[C@H]6CCCC[C@]6(C)[C@H]5CC[C@]4(C)C3=O)C(=O)C[C@@H]12. The molecule has 8 aliphatic carbocycles. The number of carbonyl (C=O) groups excluding carboxylic acids is 2. The Morgan fingerprint density at radius 1 is 0.550 bits per heavy atom. The maximum Gasteiger partial charge on any atom is 0.142 e. The molecule has 0 spiro atoms. The number of hydrogen-bond acceptors (Lipinski definition) is 2. The summed E-state index contributed by atoms with van der Waals surface area (Å²) >= 11 is 0. The van der Waals surface area contributed by atoms with Crippen molar-refractivity contribution in [1.29, 1.82) is 0 Å². The van der Waals surface area contributed by atoms with Crippen LogP contribution in [0.25, 0.3) is 0 Å². The minimum absolute atomic E-state index is 0.0188. The number of hydrogen-bond donors (Lipinski definition) is 0. The third kappa shape index (κ3) is 3.35. The van der Waals surface area contributed by atoms with Gasteiger partial charge in [0.2, 0.25) is 0 Å². The molecule has 8 aliphatic rings. The van der Waals surface area contributed by atoms with Crippen LogP contribution >= 0.6 is 0 Å². The van der Waals surface area contributed by atoms with Gasteiger partial charge in [-0.05, 0) is 147 Å². The second kappa shape index (κ2) is 8.94. The predicted molar refractivity (Wildman–Crippen MR) is 160 cm³/mol. The highest BCUT2D eigenvalue weighted by atomic mass is 16.1. The van der Waals surface area contributed by atoms with E-state index in [-0.39, 0.29) is 22.7 Å². The van der Waals surface area contributed by atoms with Gasteiger partial charge >= 0.3 is 0 Å². The Morgan fingerprint density at radius 2 is 1.12 bits per heavy atom. The van der Waals surface area contributed by atoms with Gasteiger partial charge in [-0.3, -0.25) is 9.59 Å². The smallest absolute Gasteiger partial charge is 0.142 e. The first-order valence-electron chi connectivity index (χ1n) is 18.2. The zero-order valence-electron chi connectivity index (χ0n) is 26.3. The first kappa shape index (κ1) is 26.9. The van der Waals surface area contributed by atoms with E-state index < -0.39 is 0 Å². The minimum atomic E-state index is -0.163. The van der Waals surface area contributed by atoms with Crippen molar-refractivity contribution < 1.29 is 9.59 Å². The molecular formula is C38H58O2. The summed E-state index contributed by atoms with van der Waals surface area (Å²) in [5.41, 5.74) is 0.921. The molecule has 8 saturated carbocycles. The van der Waals surface area contributed by atoms with E-state index in [0.717, 1.165) is 54.8 Å². The molecule has 0 aliphatic heterocycles. The first-order chi connectivity index (χ1) is 19.1. The highest BCUT2D eigenvalue weighted by Crippen LogP contribution is 2.71. The van der Waals surface area contributed by atoms with Crippen LogP contribution in [0.4, 0.5) is 0 Å². The van der Waals surface area contributed by atoms with Crippen LogP contribution in [-0.2, 0) is 9.59 Å². The molecule has 0 heterocycles. The van der Waals surface area contributed by atoms with Crippen LogP contribution in [0, 0.1) is 80.8 Å². The van der Waals surface area contributed by atoms with Gasteiger partial charge in [0.1, 0.15) is 11.6 Å². The molecule has 0 aromatic carbocycles. The Labute approximate surface area is 245 Å². The maximum absolute atomic E-state index is 14.6. The molecule has 0 amide bonds. The Bertz CT molecular complexity index is 1080. The topological polar surface area (TPSA) is 34.1 Å². The van der Waals surface area contributed by atoms with Gasteiger partial charge in [-0.25, -0.2) is 0 Å². The predicted octanol–water partition coefficient (Wildman–Crippen LogP) is 9.44. The first-order valence-corrected chi connectivity index (χ1v) is 18.2. The average Bonchev–Trinajstić information content (AvgIpc) is 3.36. The van der Waals surface area contributed by atoms with Crippen molar-refractivity contribution in [2.45, 2.75) is 143 Å². The second-order valence-electron chi connectivity index (χ2n) is 18.2. The standard InChI is InChI=1S/C38H58O2/c1-35-17-7-5-10-24(35)12-14-26-28(35)15-19-37(3)31(26)22-32(39)33(37)27-21-30-25-13-11-23-9-6-8-18-36(23,2)29(25)16-20-38(30,4)34(27)40/h23-31,33H,5-22H2,1-4H3/t23-,24-,25-,26-,27-,28+,29+,30+,31+,33+,35+,36+,37+,38+/m1/s1. The van der Waals surface area contributed by atoms with E-state index in [1.807, 2.05) is 0 Å². The quantitative estimate of drug-likeness (QED) is 0.328. The maximum atomic E-state index is 14.6. The lowest BCUT2D eigenvalue weighted by molar-refractivity contribution is -0.144. The lowest BCUT2D eigenvalue weighted by Crippen LogP contribution is -2.53. The van der Waals surface area contributed by atoms with E-state index in [0.29, 0.717) is 34.2 Å². The van der Waals surface area contributed by atoms with E-state index >= 15 is 0 Å². The van der Waals surface area contributed by atoms with Crippen LogP contribution in [0.1, 0.15) is 143 Å². The molecular weight excluding hydrogens is 488 g/mol. The third-order valence-corrected chi connectivity index (χ3v) is 17.3. The average molecular weight is 547 g/mol. The van der Waals surface area contributed by atoms with Crippen LogP contribution in [0.5, 0.6) is 0 Å². The van der Waals surface area contributed by atoms with E-state index in [9.17, 15) is 9.59 Å². The Morgan fingerprint density at radius 3 is 1.75 bits per heavy atom. The van der Waals surface area contributed by atoms with Crippen molar-refractivity contribution >= 4 is 11.6 Å². The highest BCUT2D eigenvalue weighted by Gasteiger charge is 2.68. The van der Waals surface area contributed by atoms with Crippen molar-refractivity contribution in [1.82, 2.24) is 0 Å². The largest absolute Gasteiger partial charge is 0.299 e. The molecule has 0 radical (unpaired) electrons. The third-order valence-electron chi connectivity index (χ3n) is 17.3. The molecule has 0 aromatic heterocycles. The van der Waals surface area contributed by atoms with Gasteiger partial charge in [0.25, 0.3) is 0 Å². The van der Waals surface area contributed by atoms with Gasteiger partial charge in [-0.2, -0.15) is 0 Å². The van der Waals surface area contributed by atoms with E-state index in [1.165, 1.54) is 96.3 Å². The Balaban J connectivity index is 1.08. The van der Waals surface area contributed by atoms with Crippen molar-refractivity contribution in [2.24, 2.45) is 80.8 Å². The summed E-state index contributed by atoms with van der Waals surface area (Å²) in [7, 11) is 0. The van der Waals surface area contributed by atoms with Crippen molar-refractivity contribution in [3.05, 3.63) is 0 Å². The van der Waals surface area contributed by atoms with Crippen LogP contribution in [0.15, 0.2) is 0 Å². The lowest BCUT2D eigenvalue weighted by Gasteiger charge is -2.60. The van der Waals surface area contributed by atoms with Gasteiger partial charge < -0.3 is 0 Å². The van der Waals surface area contributed by atoms with Gasteiger partial charge in [0.15, 0.2) is 0 Å². The van der Waals surface area contributed by atoms with E-state index in [4.69, 9.17) is 0 Å². The van der Waals surface area contributed by atoms with Gasteiger partial charge in [0.05, 0.1) is 0 Å². The number of Topliss-reactive ketones (excluding diaryl/α,β-unsaturated/α-hetero) is 2. The lowest BCUT2D eigenvalue weighted by atomic mass is 9.44. The summed E-state index contributed by atoms with van der Waals surface area (Å²) in [6.07, 6.45) is 23.7. The molecule has 0 N–H and O–H groups in total. The molecule has 0 unspecified atom stereocenters. The summed E-state index contributed by atoms with van der Waals surface area (Å²) in [6, 6.07) is 0. The van der Waals surface area contributed by atoms with Crippen molar-refractivity contribution in [2.75, 3.05) is 0 Å². The summed E-state index contributed by atoms with van der Waals surface area (Å²) in [5.74, 6) is 7.10. The fraction of sp³-hybridized carbons (Fsp3) is 0.947. The molecule has 0 bridgehead atoms. The molecule has 40 heavy (non-hydrogen) atoms. The Hall–Kier alpha value is -0.660. The molecule has 2 heteroatoms. The summed E-state index contributed by atoms with van der Waals surface area (Å²) in [6.45, 7) is 10.2. The minimum Gasteiger partial charge on any atom is -0.299 e. The van der Waals surface area contributed by atoms with Crippen LogP contribution < -0.4 is 0 Å². The van der Waals surface area contributed by atoms with Gasteiger partial charge in [0, 0.05) is 23.7 Å². The van der Waals surface area contributed by atoms with E-state index in [2.05, 4.69) is 27.7 Å². The van der Waals surface area contributed by atoms with Crippen LogP contribution in [0.3, 0.4) is 0 Å². The highest BCUT2D eigenvalue weighted by molar-refractivity contribution is 5.96. The van der Waals surface area contributed by atoms with Crippen LogP contribution in [-0.4, -0.2) is 11.6 Å². The molecule has 2 nitrogen and oxygen atoms in total. The summed E-state index contributed by atoms with van der Waals surface area (Å²) in [4.78, 5) is 28.8. The van der Waals surface area contributed by atoms with Crippen LogP contribution in [0.2, 0.25) is 0 Å². The fourth-order valence-corrected chi connectivity index (χ4v) is 15.3. The zero-order valence-corrected chi connectivity index (χ0v) is 26.3. The van der Waals surface area contributed by atoms with Crippen molar-refractivity contribution in [3.8, 4) is 0 Å². The fourth-order valence-electron chi connectivity index (χ4n) is 15.3. The van der Waals surface area contributed by atoms with Crippen molar-refractivity contribution in [3.63, 3.8) is 0 Å². The molecule has 14 atom stereocenters. The molecule has 8 fully saturated rings.